The molecule has 0 atom stereocenters. The van der Waals surface area contributed by atoms with E-state index in [1.54, 1.807) is 0 Å². The third-order valence-electron chi connectivity index (χ3n) is 5.02. The number of rotatable bonds is 6. The number of ether oxygens (including phenoxy) is 1. The van der Waals surface area contributed by atoms with Crippen molar-refractivity contribution in [2.45, 2.75) is 6.92 Å². The lowest BCUT2D eigenvalue weighted by atomic mass is 10.0. The number of carbonyl (C=O) groups excluding carboxylic acids is 2. The third-order valence-corrected chi connectivity index (χ3v) is 5.02. The number of aromatic amines is 1. The first-order valence-electron chi connectivity index (χ1n) is 9.58. The van der Waals surface area contributed by atoms with Crippen LogP contribution in [0.2, 0.25) is 0 Å². The van der Waals surface area contributed by atoms with Crippen LogP contribution in [0.25, 0.3) is 22.2 Å². The topological polar surface area (TPSA) is 102 Å². The molecule has 0 aliphatic carbocycles. The molecule has 0 saturated heterocycles. The smallest absolute Gasteiger partial charge is 0.345 e. The predicted octanol–water partition coefficient (Wildman–Crippen LogP) is 5.09. The van der Waals surface area contributed by atoms with Crippen LogP contribution in [0.5, 0.6) is 0 Å². The number of H-pyrrole nitrogens is 1. The number of fused-ring (bicyclic) bond motifs is 1. The Balaban J connectivity index is 1.65. The van der Waals surface area contributed by atoms with Crippen LogP contribution in [-0.4, -0.2) is 28.3 Å². The number of esters is 1. The van der Waals surface area contributed by atoms with Gasteiger partial charge in [0.2, 0.25) is 5.78 Å². The summed E-state index contributed by atoms with van der Waals surface area (Å²) in [5, 5.41) is 12.1. The lowest BCUT2D eigenvalue weighted by Crippen LogP contribution is -2.16. The minimum Gasteiger partial charge on any atom is -0.454 e. The maximum Gasteiger partial charge on any atom is 0.345 e. The van der Waals surface area contributed by atoms with Crippen LogP contribution in [0.4, 0.5) is 5.69 Å². The fraction of sp³-hybridized carbons (Fsp3) is 0.0833. The molecular weight excluding hydrogens is 396 g/mol. The molecule has 154 valence electrons. The number of ketones is 1. The molecule has 3 aromatic carbocycles. The second kappa shape index (κ2) is 8.23. The fourth-order valence-corrected chi connectivity index (χ4v) is 3.60. The van der Waals surface area contributed by atoms with Crippen LogP contribution in [-0.2, 0) is 4.74 Å². The molecule has 31 heavy (non-hydrogen) atoms. The molecule has 7 nitrogen and oxygen atoms in total. The number of nitro groups is 1. The van der Waals surface area contributed by atoms with E-state index in [0.29, 0.717) is 22.2 Å². The van der Waals surface area contributed by atoms with Gasteiger partial charge in [-0.15, -0.1) is 0 Å². The van der Waals surface area contributed by atoms with E-state index in [9.17, 15) is 19.7 Å². The Morgan fingerprint density at radius 2 is 1.68 bits per heavy atom. The number of benzene rings is 3. The summed E-state index contributed by atoms with van der Waals surface area (Å²) < 4.78 is 5.19. The highest BCUT2D eigenvalue weighted by atomic mass is 16.6. The van der Waals surface area contributed by atoms with Gasteiger partial charge >= 0.3 is 5.97 Å². The van der Waals surface area contributed by atoms with E-state index in [4.69, 9.17) is 4.74 Å². The Kier molecular flexibility index (Phi) is 5.32. The Bertz CT molecular complexity index is 1310. The number of hydrogen-bond donors (Lipinski definition) is 1. The van der Waals surface area contributed by atoms with Crippen molar-refractivity contribution in [3.8, 4) is 11.3 Å². The summed E-state index contributed by atoms with van der Waals surface area (Å²) in [5.41, 5.74) is 2.48. The molecule has 0 amide bonds. The van der Waals surface area contributed by atoms with E-state index in [0.717, 1.165) is 11.1 Å². The molecule has 0 aliphatic rings. The van der Waals surface area contributed by atoms with E-state index < -0.39 is 23.3 Å². The second-order valence-electron chi connectivity index (χ2n) is 7.01. The summed E-state index contributed by atoms with van der Waals surface area (Å²) >= 11 is 0. The molecule has 1 N–H and O–H groups in total. The van der Waals surface area contributed by atoms with Crippen molar-refractivity contribution >= 4 is 28.3 Å². The van der Waals surface area contributed by atoms with Gasteiger partial charge in [0.25, 0.3) is 5.69 Å². The van der Waals surface area contributed by atoms with Crippen molar-refractivity contribution in [1.82, 2.24) is 4.98 Å². The monoisotopic (exact) mass is 414 g/mol. The predicted molar refractivity (Wildman–Crippen MR) is 116 cm³/mol. The van der Waals surface area contributed by atoms with Gasteiger partial charge in [-0.25, -0.2) is 4.79 Å². The lowest BCUT2D eigenvalue weighted by Gasteiger charge is -2.08. The van der Waals surface area contributed by atoms with Gasteiger partial charge in [0.05, 0.1) is 16.2 Å². The minimum atomic E-state index is -0.912. The van der Waals surface area contributed by atoms with Gasteiger partial charge in [-0.1, -0.05) is 60.7 Å². The van der Waals surface area contributed by atoms with Gasteiger partial charge in [-0.2, -0.15) is 0 Å². The molecule has 0 spiro atoms. The van der Waals surface area contributed by atoms with Crippen molar-refractivity contribution in [3.63, 3.8) is 0 Å². The summed E-state index contributed by atoms with van der Waals surface area (Å²) in [5.74, 6) is -1.31. The summed E-state index contributed by atoms with van der Waals surface area (Å²) in [4.78, 5) is 39.6. The molecule has 4 rings (SSSR count). The second-order valence-corrected chi connectivity index (χ2v) is 7.01. The minimum absolute atomic E-state index is 0.181. The standard InChI is InChI=1S/C24H18N2O5/c1-15-8-7-12-18(23(15)26(29)30)24(28)31-14-20(27)21-17-11-5-6-13-19(17)25-22(21)16-9-3-2-4-10-16/h2-13,25H,14H2,1H3. The lowest BCUT2D eigenvalue weighted by molar-refractivity contribution is -0.385. The Hall–Kier alpha value is -4.26. The molecule has 0 fully saturated rings. The molecule has 1 heterocycles. The van der Waals surface area contributed by atoms with Crippen LogP contribution < -0.4 is 0 Å². The van der Waals surface area contributed by atoms with Crippen LogP contribution in [0, 0.1) is 17.0 Å². The number of para-hydroxylation sites is 2. The van der Waals surface area contributed by atoms with Gasteiger partial charge in [0.1, 0.15) is 5.56 Å². The fourth-order valence-electron chi connectivity index (χ4n) is 3.60. The molecule has 7 heteroatoms. The van der Waals surface area contributed by atoms with E-state index in [1.807, 2.05) is 54.6 Å². The highest BCUT2D eigenvalue weighted by molar-refractivity contribution is 6.14. The Labute approximate surface area is 177 Å². The van der Waals surface area contributed by atoms with Crippen LogP contribution in [0.1, 0.15) is 26.3 Å². The zero-order valence-electron chi connectivity index (χ0n) is 16.6. The number of hydrogen-bond acceptors (Lipinski definition) is 5. The molecule has 4 aromatic rings. The number of carbonyl (C=O) groups is 2. The average molecular weight is 414 g/mol. The largest absolute Gasteiger partial charge is 0.454 e. The summed E-state index contributed by atoms with van der Waals surface area (Å²) in [6.07, 6.45) is 0. The molecule has 0 radical (unpaired) electrons. The van der Waals surface area contributed by atoms with E-state index >= 15 is 0 Å². The first-order valence-corrected chi connectivity index (χ1v) is 9.58. The number of aryl methyl sites for hydroxylation is 1. The van der Waals surface area contributed by atoms with Crippen LogP contribution in [0.15, 0.2) is 72.8 Å². The first-order chi connectivity index (χ1) is 15.0. The maximum atomic E-state index is 13.1. The molecular formula is C24H18N2O5. The molecule has 0 aliphatic heterocycles. The van der Waals surface area contributed by atoms with Crippen molar-refractivity contribution in [2.24, 2.45) is 0 Å². The Morgan fingerprint density at radius 1 is 0.968 bits per heavy atom. The first kappa shape index (κ1) is 20.0. The van der Waals surface area contributed by atoms with E-state index in [1.165, 1.54) is 25.1 Å². The highest BCUT2D eigenvalue weighted by Crippen LogP contribution is 2.31. The van der Waals surface area contributed by atoms with Gasteiger partial charge < -0.3 is 9.72 Å². The number of Topliss-reactive ketones (excluding diaryl/α,β-unsaturated/α-hetero) is 1. The SMILES string of the molecule is Cc1cccc(C(=O)OCC(=O)c2c(-c3ccccc3)[nH]c3ccccc23)c1[N+](=O)[O-]. The highest BCUT2D eigenvalue weighted by Gasteiger charge is 2.25. The van der Waals surface area contributed by atoms with Crippen LogP contribution in [0.3, 0.4) is 0 Å². The third kappa shape index (κ3) is 3.81. The zero-order valence-corrected chi connectivity index (χ0v) is 16.6. The van der Waals surface area contributed by atoms with Gasteiger partial charge in [0.15, 0.2) is 6.61 Å². The van der Waals surface area contributed by atoms with Gasteiger partial charge in [0, 0.05) is 16.5 Å². The number of nitrogens with one attached hydrogen (secondary N) is 1. The van der Waals surface area contributed by atoms with Gasteiger partial charge in [-0.3, -0.25) is 14.9 Å². The van der Waals surface area contributed by atoms with Crippen LogP contribution >= 0.6 is 0 Å². The summed E-state index contributed by atoms with van der Waals surface area (Å²) in [7, 11) is 0. The van der Waals surface area contributed by atoms with Crippen molar-refractivity contribution < 1.29 is 19.2 Å². The molecule has 0 unspecified atom stereocenters. The molecule has 1 aromatic heterocycles. The number of nitrogens with zero attached hydrogens (tertiary/aromatic N) is 1. The average Bonchev–Trinajstić information content (AvgIpc) is 3.17. The molecule has 0 saturated carbocycles. The number of nitro benzene ring substituents is 1. The molecule has 0 bridgehead atoms. The van der Waals surface area contributed by atoms with Crippen molar-refractivity contribution in [3.05, 3.63) is 99.6 Å². The Morgan fingerprint density at radius 3 is 2.42 bits per heavy atom. The summed E-state index contributed by atoms with van der Waals surface area (Å²) in [6.45, 7) is 1.00. The van der Waals surface area contributed by atoms with Gasteiger partial charge in [-0.05, 0) is 24.6 Å². The van der Waals surface area contributed by atoms with E-state index in [2.05, 4.69) is 4.98 Å². The maximum absolute atomic E-state index is 13.1. The summed E-state index contributed by atoms with van der Waals surface area (Å²) in [6, 6.07) is 21.1. The zero-order chi connectivity index (χ0) is 22.0. The van der Waals surface area contributed by atoms with Crippen molar-refractivity contribution in [2.75, 3.05) is 6.61 Å². The quantitative estimate of drug-likeness (QED) is 0.205. The normalized spacial score (nSPS) is 10.7. The van der Waals surface area contributed by atoms with E-state index in [-0.39, 0.29) is 11.3 Å². The van der Waals surface area contributed by atoms with Crippen molar-refractivity contribution in [1.29, 1.82) is 0 Å². The number of aromatic nitrogens is 1.